The molecule has 0 spiro atoms. The smallest absolute Gasteiger partial charge is 0.248 e. The van der Waals surface area contributed by atoms with Crippen LogP contribution < -0.4 is 20.3 Å². The molecule has 30 heavy (non-hydrogen) atoms. The van der Waals surface area contributed by atoms with Crippen molar-refractivity contribution in [3.05, 3.63) is 66.2 Å². The number of ether oxygens (including phenoxy) is 1. The van der Waals surface area contributed by atoms with Crippen molar-refractivity contribution in [3.8, 4) is 11.6 Å². The minimum Gasteiger partial charge on any atom is -0.437 e. The van der Waals surface area contributed by atoms with Crippen LogP contribution in [0.25, 0.3) is 0 Å². The van der Waals surface area contributed by atoms with E-state index in [4.69, 9.17) is 10.5 Å². The number of benzene rings is 2. The first-order valence-corrected chi connectivity index (χ1v) is 10.1. The number of nitrogen functional groups attached to an aromatic ring is 1. The van der Waals surface area contributed by atoms with Crippen LogP contribution in [0.2, 0.25) is 0 Å². The van der Waals surface area contributed by atoms with E-state index < -0.39 is 0 Å². The Kier molecular flexibility index (Phi) is 5.70. The monoisotopic (exact) mass is 407 g/mol. The van der Waals surface area contributed by atoms with Crippen molar-refractivity contribution in [2.24, 2.45) is 0 Å². The number of nitrogens with two attached hydrogens (primary N) is 1. The highest BCUT2D eigenvalue weighted by Gasteiger charge is 2.22. The van der Waals surface area contributed by atoms with Gasteiger partial charge < -0.3 is 20.3 Å². The molecule has 1 aliphatic heterocycles. The van der Waals surface area contributed by atoms with E-state index in [9.17, 15) is 4.39 Å². The quantitative estimate of drug-likeness (QED) is 0.674. The fraction of sp³-hybridized carbons (Fsp3) is 0.304. The molecule has 0 saturated carbocycles. The number of aromatic nitrogens is 2. The third-order valence-corrected chi connectivity index (χ3v) is 5.36. The minimum atomic E-state index is -0.225. The number of piperazine rings is 1. The Morgan fingerprint density at radius 2 is 1.53 bits per heavy atom. The van der Waals surface area contributed by atoms with Crippen molar-refractivity contribution in [3.63, 3.8) is 0 Å². The lowest BCUT2D eigenvalue weighted by molar-refractivity contribution is 0.463. The molecule has 2 N–H and O–H groups in total. The zero-order valence-corrected chi connectivity index (χ0v) is 17.3. The summed E-state index contributed by atoms with van der Waals surface area (Å²) in [6, 6.07) is 14.5. The van der Waals surface area contributed by atoms with Crippen LogP contribution in [0, 0.1) is 5.82 Å². The molecule has 1 fully saturated rings. The van der Waals surface area contributed by atoms with Crippen LogP contribution in [0.3, 0.4) is 0 Å². The molecular formula is C23H26FN5O. The predicted octanol–water partition coefficient (Wildman–Crippen LogP) is 4.44. The Bertz CT molecular complexity index is 983. The summed E-state index contributed by atoms with van der Waals surface area (Å²) in [4.78, 5) is 13.0. The first-order valence-electron chi connectivity index (χ1n) is 10.1. The molecule has 6 nitrogen and oxygen atoms in total. The number of halogens is 1. The lowest BCUT2D eigenvalue weighted by atomic mass is 10.0. The Hall–Kier alpha value is -3.35. The van der Waals surface area contributed by atoms with Crippen LogP contribution in [0.5, 0.6) is 11.6 Å². The molecular weight excluding hydrogens is 381 g/mol. The summed E-state index contributed by atoms with van der Waals surface area (Å²) < 4.78 is 19.1. The van der Waals surface area contributed by atoms with Gasteiger partial charge in [0.2, 0.25) is 5.88 Å². The van der Waals surface area contributed by atoms with E-state index >= 15 is 0 Å². The van der Waals surface area contributed by atoms with Crippen LogP contribution in [0.4, 0.5) is 21.6 Å². The van der Waals surface area contributed by atoms with Gasteiger partial charge in [-0.25, -0.2) is 9.37 Å². The van der Waals surface area contributed by atoms with Crippen LogP contribution in [-0.4, -0.2) is 36.1 Å². The lowest BCUT2D eigenvalue weighted by Gasteiger charge is -2.37. The molecule has 1 aliphatic rings. The summed E-state index contributed by atoms with van der Waals surface area (Å²) >= 11 is 0. The molecule has 2 aromatic carbocycles. The fourth-order valence-corrected chi connectivity index (χ4v) is 3.56. The molecule has 156 valence electrons. The Morgan fingerprint density at radius 1 is 0.900 bits per heavy atom. The molecule has 0 unspecified atom stereocenters. The van der Waals surface area contributed by atoms with Gasteiger partial charge in [-0.05, 0) is 47.9 Å². The Balaban J connectivity index is 1.45. The second-order valence-corrected chi connectivity index (χ2v) is 7.69. The van der Waals surface area contributed by atoms with Crippen molar-refractivity contribution in [2.75, 3.05) is 41.7 Å². The van der Waals surface area contributed by atoms with Gasteiger partial charge in [-0.15, -0.1) is 0 Å². The van der Waals surface area contributed by atoms with E-state index in [0.717, 1.165) is 31.9 Å². The summed E-state index contributed by atoms with van der Waals surface area (Å²) in [5.41, 5.74) is 9.05. The maximum absolute atomic E-state index is 13.2. The van der Waals surface area contributed by atoms with Crippen molar-refractivity contribution in [2.45, 2.75) is 19.8 Å². The number of rotatable bonds is 5. The van der Waals surface area contributed by atoms with Gasteiger partial charge in [-0.2, -0.15) is 4.98 Å². The molecule has 0 atom stereocenters. The van der Waals surface area contributed by atoms with Gasteiger partial charge in [0, 0.05) is 31.9 Å². The first kappa shape index (κ1) is 19.9. The minimum absolute atomic E-state index is 0.225. The summed E-state index contributed by atoms with van der Waals surface area (Å²) in [6.07, 6.45) is 1.48. The highest BCUT2D eigenvalue weighted by Crippen LogP contribution is 2.32. The van der Waals surface area contributed by atoms with Crippen molar-refractivity contribution < 1.29 is 9.13 Å². The van der Waals surface area contributed by atoms with E-state index in [0.29, 0.717) is 29.1 Å². The molecule has 0 aliphatic carbocycles. The predicted molar refractivity (Wildman–Crippen MR) is 118 cm³/mol. The number of anilines is 3. The zero-order valence-electron chi connectivity index (χ0n) is 17.3. The fourth-order valence-electron chi connectivity index (χ4n) is 3.56. The first-order chi connectivity index (χ1) is 14.5. The number of hydrogen-bond acceptors (Lipinski definition) is 6. The highest BCUT2D eigenvalue weighted by atomic mass is 19.1. The molecule has 1 aromatic heterocycles. The summed E-state index contributed by atoms with van der Waals surface area (Å²) in [5.74, 6) is 1.97. The third-order valence-electron chi connectivity index (χ3n) is 5.36. The van der Waals surface area contributed by atoms with Gasteiger partial charge >= 0.3 is 0 Å². The van der Waals surface area contributed by atoms with Crippen molar-refractivity contribution in [1.82, 2.24) is 9.97 Å². The molecule has 0 bridgehead atoms. The van der Waals surface area contributed by atoms with E-state index in [1.54, 1.807) is 12.1 Å². The van der Waals surface area contributed by atoms with E-state index in [1.807, 2.05) is 24.3 Å². The molecule has 7 heteroatoms. The number of hydrogen-bond donors (Lipinski definition) is 1. The molecule has 0 amide bonds. The molecule has 2 heterocycles. The highest BCUT2D eigenvalue weighted by molar-refractivity contribution is 5.68. The third kappa shape index (κ3) is 4.30. The zero-order chi connectivity index (χ0) is 21.1. The summed E-state index contributed by atoms with van der Waals surface area (Å²) in [7, 11) is 0. The molecule has 4 rings (SSSR count). The summed E-state index contributed by atoms with van der Waals surface area (Å²) in [5, 5.41) is 0. The average Bonchev–Trinajstić information content (AvgIpc) is 2.76. The Labute approximate surface area is 176 Å². The maximum Gasteiger partial charge on any atom is 0.248 e. The second-order valence-electron chi connectivity index (χ2n) is 7.69. The van der Waals surface area contributed by atoms with Gasteiger partial charge in [0.25, 0.3) is 0 Å². The lowest BCUT2D eigenvalue weighted by Crippen LogP contribution is -2.47. The maximum atomic E-state index is 13.2. The van der Waals surface area contributed by atoms with Gasteiger partial charge in [0.1, 0.15) is 23.6 Å². The largest absolute Gasteiger partial charge is 0.437 e. The summed E-state index contributed by atoms with van der Waals surface area (Å²) in [6.45, 7) is 7.40. The van der Waals surface area contributed by atoms with E-state index in [1.165, 1.54) is 24.0 Å². The second kappa shape index (κ2) is 8.57. The van der Waals surface area contributed by atoms with Gasteiger partial charge in [0.05, 0.1) is 0 Å². The van der Waals surface area contributed by atoms with Crippen LogP contribution in [-0.2, 0) is 0 Å². The van der Waals surface area contributed by atoms with Gasteiger partial charge in [-0.3, -0.25) is 0 Å². The normalized spacial score (nSPS) is 14.3. The standard InChI is InChI=1S/C23H26FN5O/c1-16(2)17-3-9-20(10-4-17)30-23-21(25)22(26-15-27-23)29-13-11-28(12-14-29)19-7-5-18(24)6-8-19/h3-10,15-16H,11-14,25H2,1-2H3. The Morgan fingerprint density at radius 3 is 2.17 bits per heavy atom. The van der Waals surface area contributed by atoms with E-state index in [2.05, 4.69) is 33.6 Å². The van der Waals surface area contributed by atoms with E-state index in [-0.39, 0.29) is 5.82 Å². The average molecular weight is 407 g/mol. The van der Waals surface area contributed by atoms with Crippen molar-refractivity contribution in [1.29, 1.82) is 0 Å². The topological polar surface area (TPSA) is 67.5 Å². The van der Waals surface area contributed by atoms with Crippen LogP contribution >= 0.6 is 0 Å². The van der Waals surface area contributed by atoms with Gasteiger partial charge in [-0.1, -0.05) is 26.0 Å². The molecule has 1 saturated heterocycles. The van der Waals surface area contributed by atoms with Crippen molar-refractivity contribution >= 4 is 17.2 Å². The molecule has 0 radical (unpaired) electrons. The SMILES string of the molecule is CC(C)c1ccc(Oc2ncnc(N3CCN(c4ccc(F)cc4)CC3)c2N)cc1. The van der Waals surface area contributed by atoms with Crippen LogP contribution in [0.15, 0.2) is 54.9 Å². The number of nitrogens with zero attached hydrogens (tertiary/aromatic N) is 4. The van der Waals surface area contributed by atoms with Gasteiger partial charge in [0.15, 0.2) is 5.82 Å². The molecule has 3 aromatic rings. The van der Waals surface area contributed by atoms with Crippen LogP contribution in [0.1, 0.15) is 25.3 Å².